The second-order valence-corrected chi connectivity index (χ2v) is 6.81. The number of hydrogen-bond acceptors (Lipinski definition) is 6. The number of piperidine rings is 1. The van der Waals surface area contributed by atoms with Crippen molar-refractivity contribution in [2.75, 3.05) is 13.1 Å². The standard InChI is InChI=1S/C15H18N6OS/c1-11-10-23-15-17-12(8-14(22)21(11)15)9-19-5-2-13(3-6-19)20-7-4-16-18-20/h4,7-8,10,13H,2-3,5-6,9H2,1H3. The number of rotatable bonds is 3. The molecule has 23 heavy (non-hydrogen) atoms. The van der Waals surface area contributed by atoms with Gasteiger partial charge in [-0.05, 0) is 19.8 Å². The molecule has 0 N–H and O–H groups in total. The van der Waals surface area contributed by atoms with Gasteiger partial charge < -0.3 is 0 Å². The predicted molar refractivity (Wildman–Crippen MR) is 87.6 cm³/mol. The molecule has 1 aliphatic rings. The van der Waals surface area contributed by atoms with Gasteiger partial charge in [0.15, 0.2) is 4.96 Å². The second kappa shape index (κ2) is 5.86. The molecule has 3 aromatic rings. The van der Waals surface area contributed by atoms with Crippen LogP contribution in [0.25, 0.3) is 4.96 Å². The van der Waals surface area contributed by atoms with Crippen LogP contribution in [0.4, 0.5) is 0 Å². The summed E-state index contributed by atoms with van der Waals surface area (Å²) in [5, 5.41) is 9.94. The Morgan fingerprint density at radius 2 is 2.17 bits per heavy atom. The van der Waals surface area contributed by atoms with Crippen LogP contribution in [0.15, 0.2) is 28.6 Å². The van der Waals surface area contributed by atoms with Crippen molar-refractivity contribution < 1.29 is 0 Å². The Labute approximate surface area is 137 Å². The highest BCUT2D eigenvalue weighted by Gasteiger charge is 2.21. The van der Waals surface area contributed by atoms with E-state index >= 15 is 0 Å². The molecule has 8 heteroatoms. The Morgan fingerprint density at radius 3 is 2.91 bits per heavy atom. The van der Waals surface area contributed by atoms with Crippen LogP contribution in [0.3, 0.4) is 0 Å². The number of aryl methyl sites for hydroxylation is 1. The number of likely N-dealkylation sites (tertiary alicyclic amines) is 1. The molecule has 4 heterocycles. The fourth-order valence-electron chi connectivity index (χ4n) is 3.17. The summed E-state index contributed by atoms with van der Waals surface area (Å²) in [4.78, 5) is 20.0. The van der Waals surface area contributed by atoms with Crippen LogP contribution in [0, 0.1) is 6.92 Å². The number of fused-ring (bicyclic) bond motifs is 1. The van der Waals surface area contributed by atoms with Crippen molar-refractivity contribution in [1.82, 2.24) is 29.3 Å². The zero-order valence-electron chi connectivity index (χ0n) is 12.9. The zero-order valence-corrected chi connectivity index (χ0v) is 13.7. The monoisotopic (exact) mass is 330 g/mol. The van der Waals surface area contributed by atoms with Crippen LogP contribution < -0.4 is 5.56 Å². The number of thiazole rings is 1. The Bertz CT molecular complexity index is 860. The molecule has 1 aliphatic heterocycles. The average molecular weight is 330 g/mol. The Morgan fingerprint density at radius 1 is 1.35 bits per heavy atom. The van der Waals surface area contributed by atoms with Gasteiger partial charge in [-0.15, -0.1) is 16.4 Å². The quantitative estimate of drug-likeness (QED) is 0.728. The van der Waals surface area contributed by atoms with Gasteiger partial charge in [0.25, 0.3) is 5.56 Å². The van der Waals surface area contributed by atoms with Gasteiger partial charge in [0.05, 0.1) is 17.9 Å². The van der Waals surface area contributed by atoms with Crippen LogP contribution in [0.2, 0.25) is 0 Å². The molecule has 3 aromatic heterocycles. The topological polar surface area (TPSA) is 68.3 Å². The van der Waals surface area contributed by atoms with Gasteiger partial charge >= 0.3 is 0 Å². The summed E-state index contributed by atoms with van der Waals surface area (Å²) in [5.41, 5.74) is 1.82. The van der Waals surface area contributed by atoms with Crippen LogP contribution in [-0.2, 0) is 6.54 Å². The molecule has 0 aromatic carbocycles. The molecular weight excluding hydrogens is 312 g/mol. The first-order chi connectivity index (χ1) is 11.2. The van der Waals surface area contributed by atoms with Crippen molar-refractivity contribution in [3.8, 4) is 0 Å². The van der Waals surface area contributed by atoms with Crippen LogP contribution >= 0.6 is 11.3 Å². The maximum absolute atomic E-state index is 12.2. The maximum atomic E-state index is 12.2. The molecule has 1 saturated heterocycles. The first-order valence-corrected chi connectivity index (χ1v) is 8.63. The smallest absolute Gasteiger partial charge is 0.259 e. The van der Waals surface area contributed by atoms with Crippen molar-refractivity contribution in [2.45, 2.75) is 32.4 Å². The average Bonchev–Trinajstić information content (AvgIpc) is 3.18. The maximum Gasteiger partial charge on any atom is 0.259 e. The zero-order chi connectivity index (χ0) is 15.8. The third-order valence-corrected chi connectivity index (χ3v) is 5.33. The number of hydrogen-bond donors (Lipinski definition) is 0. The lowest BCUT2D eigenvalue weighted by atomic mass is 10.1. The van der Waals surface area contributed by atoms with Gasteiger partial charge in [0.1, 0.15) is 0 Å². The van der Waals surface area contributed by atoms with E-state index in [9.17, 15) is 4.79 Å². The van der Waals surface area contributed by atoms with Crippen molar-refractivity contribution in [2.24, 2.45) is 0 Å². The highest BCUT2D eigenvalue weighted by molar-refractivity contribution is 7.15. The molecule has 0 aliphatic carbocycles. The van der Waals surface area contributed by atoms with E-state index in [0.29, 0.717) is 6.04 Å². The van der Waals surface area contributed by atoms with Crippen LogP contribution in [0.5, 0.6) is 0 Å². The SMILES string of the molecule is Cc1csc2nc(CN3CCC(n4ccnn4)CC3)cc(=O)n12. The van der Waals surface area contributed by atoms with E-state index in [-0.39, 0.29) is 5.56 Å². The van der Waals surface area contributed by atoms with Gasteiger partial charge in [-0.3, -0.25) is 14.1 Å². The van der Waals surface area contributed by atoms with E-state index in [2.05, 4.69) is 20.2 Å². The predicted octanol–water partition coefficient (Wildman–Crippen LogP) is 1.49. The van der Waals surface area contributed by atoms with E-state index in [1.165, 1.54) is 11.3 Å². The number of nitrogens with zero attached hydrogens (tertiary/aromatic N) is 6. The van der Waals surface area contributed by atoms with Gasteiger partial charge in [-0.25, -0.2) is 9.67 Å². The summed E-state index contributed by atoms with van der Waals surface area (Å²) in [6, 6.07) is 2.09. The minimum atomic E-state index is 0.0150. The first-order valence-electron chi connectivity index (χ1n) is 7.75. The van der Waals surface area contributed by atoms with Crippen molar-refractivity contribution in [3.05, 3.63) is 45.6 Å². The summed E-state index contributed by atoms with van der Waals surface area (Å²) in [6.45, 7) is 4.62. The van der Waals surface area contributed by atoms with E-state index in [4.69, 9.17) is 0 Å². The molecule has 1 fully saturated rings. The van der Waals surface area contributed by atoms with E-state index < -0.39 is 0 Å². The van der Waals surface area contributed by atoms with Crippen molar-refractivity contribution >= 4 is 16.3 Å². The Balaban J connectivity index is 1.46. The van der Waals surface area contributed by atoms with E-state index in [1.807, 2.05) is 23.2 Å². The van der Waals surface area contributed by atoms with E-state index in [0.717, 1.165) is 48.8 Å². The lowest BCUT2D eigenvalue weighted by Crippen LogP contribution is -2.35. The molecule has 0 bridgehead atoms. The second-order valence-electron chi connectivity index (χ2n) is 5.97. The summed E-state index contributed by atoms with van der Waals surface area (Å²) in [5.74, 6) is 0. The molecule has 7 nitrogen and oxygen atoms in total. The Kier molecular flexibility index (Phi) is 3.70. The fraction of sp³-hybridized carbons (Fsp3) is 0.467. The Hall–Kier alpha value is -2.06. The highest BCUT2D eigenvalue weighted by Crippen LogP contribution is 2.22. The van der Waals surface area contributed by atoms with Crippen LogP contribution in [-0.4, -0.2) is 42.4 Å². The molecule has 120 valence electrons. The molecule has 0 saturated carbocycles. The summed E-state index contributed by atoms with van der Waals surface area (Å²) in [6.07, 6.45) is 5.74. The normalized spacial score (nSPS) is 17.1. The molecule has 0 amide bonds. The molecule has 0 spiro atoms. The molecule has 0 radical (unpaired) electrons. The highest BCUT2D eigenvalue weighted by atomic mass is 32.1. The van der Waals surface area contributed by atoms with Crippen LogP contribution in [0.1, 0.15) is 30.3 Å². The van der Waals surface area contributed by atoms with Gasteiger partial charge in [-0.1, -0.05) is 5.21 Å². The largest absolute Gasteiger partial charge is 0.297 e. The van der Waals surface area contributed by atoms with Crippen molar-refractivity contribution in [1.29, 1.82) is 0 Å². The van der Waals surface area contributed by atoms with Gasteiger partial charge in [0, 0.05) is 43.0 Å². The summed E-state index contributed by atoms with van der Waals surface area (Å²) in [7, 11) is 0. The molecule has 0 unspecified atom stereocenters. The van der Waals surface area contributed by atoms with Crippen molar-refractivity contribution in [3.63, 3.8) is 0 Å². The van der Waals surface area contributed by atoms with Gasteiger partial charge in [-0.2, -0.15) is 0 Å². The minimum Gasteiger partial charge on any atom is -0.297 e. The minimum absolute atomic E-state index is 0.0150. The lowest BCUT2D eigenvalue weighted by molar-refractivity contribution is 0.170. The van der Waals surface area contributed by atoms with E-state index in [1.54, 1.807) is 16.7 Å². The third-order valence-electron chi connectivity index (χ3n) is 4.39. The lowest BCUT2D eigenvalue weighted by Gasteiger charge is -2.31. The first kappa shape index (κ1) is 14.5. The number of aromatic nitrogens is 5. The van der Waals surface area contributed by atoms with Gasteiger partial charge in [0.2, 0.25) is 0 Å². The molecular formula is C15H18N6OS. The molecule has 4 rings (SSSR count). The summed E-state index contributed by atoms with van der Waals surface area (Å²) >= 11 is 1.52. The fourth-order valence-corrected chi connectivity index (χ4v) is 4.06. The summed E-state index contributed by atoms with van der Waals surface area (Å²) < 4.78 is 3.62. The molecule has 0 atom stereocenters. The third kappa shape index (κ3) is 2.79.